The number of aromatic nitrogens is 1. The van der Waals surface area contributed by atoms with E-state index in [1.807, 2.05) is 6.92 Å². The van der Waals surface area contributed by atoms with Crippen molar-refractivity contribution >= 4 is 27.4 Å². The molecule has 0 radical (unpaired) electrons. The largest absolute Gasteiger partial charge is 0.504 e. The summed E-state index contributed by atoms with van der Waals surface area (Å²) in [7, 11) is 0. The smallest absolute Gasteiger partial charge is 0.315 e. The monoisotopic (exact) mass is 380 g/mol. The lowest BCUT2D eigenvalue weighted by molar-refractivity contribution is -0.386. The molecule has 1 heterocycles. The maximum Gasteiger partial charge on any atom is 0.315 e. The molecule has 0 fully saturated rings. The topological polar surface area (TPSA) is 114 Å². The summed E-state index contributed by atoms with van der Waals surface area (Å²) < 4.78 is 0.318. The average Bonchev–Trinajstić information content (AvgIpc) is 2.47. The standard InChI is InChI=1S/C15H13BrN2O5/c1-6-7(2)12(15(16)17-8(6)3)13(20)9-4-10(18(22)23)14(21)11(19)5-9/h4-5,19,21H,1-3H3. The Hall–Kier alpha value is -2.48. The van der Waals surface area contributed by atoms with Gasteiger partial charge in [-0.3, -0.25) is 14.9 Å². The number of phenols is 2. The van der Waals surface area contributed by atoms with E-state index in [-0.39, 0.29) is 11.1 Å². The highest BCUT2D eigenvalue weighted by Crippen LogP contribution is 2.37. The first-order chi connectivity index (χ1) is 10.6. The van der Waals surface area contributed by atoms with Crippen molar-refractivity contribution in [1.82, 2.24) is 4.98 Å². The Morgan fingerprint density at radius 2 is 1.83 bits per heavy atom. The molecule has 0 atom stereocenters. The van der Waals surface area contributed by atoms with E-state index in [2.05, 4.69) is 20.9 Å². The fraction of sp³-hybridized carbons (Fsp3) is 0.200. The summed E-state index contributed by atoms with van der Waals surface area (Å²) >= 11 is 3.23. The minimum absolute atomic E-state index is 0.110. The lowest BCUT2D eigenvalue weighted by Gasteiger charge is -2.12. The number of carbonyl (C=O) groups is 1. The van der Waals surface area contributed by atoms with Gasteiger partial charge in [-0.05, 0) is 53.9 Å². The van der Waals surface area contributed by atoms with Crippen LogP contribution in [-0.4, -0.2) is 25.9 Å². The number of ketones is 1. The number of phenolic OH excluding ortho intramolecular Hbond substituents is 2. The van der Waals surface area contributed by atoms with Gasteiger partial charge in [0.15, 0.2) is 11.5 Å². The fourth-order valence-electron chi connectivity index (χ4n) is 2.18. The molecule has 0 amide bonds. The second-order valence-electron chi connectivity index (χ2n) is 5.06. The maximum absolute atomic E-state index is 12.7. The van der Waals surface area contributed by atoms with Crippen molar-refractivity contribution in [3.05, 3.63) is 54.8 Å². The summed E-state index contributed by atoms with van der Waals surface area (Å²) in [5.41, 5.74) is 1.68. The van der Waals surface area contributed by atoms with Gasteiger partial charge >= 0.3 is 5.69 Å². The van der Waals surface area contributed by atoms with Crippen LogP contribution in [0.15, 0.2) is 16.7 Å². The Bertz CT molecular complexity index is 848. The zero-order chi connectivity index (χ0) is 17.5. The van der Waals surface area contributed by atoms with E-state index < -0.39 is 27.9 Å². The van der Waals surface area contributed by atoms with Crippen LogP contribution in [0.1, 0.15) is 32.7 Å². The third-order valence-electron chi connectivity index (χ3n) is 3.71. The third-order valence-corrected chi connectivity index (χ3v) is 4.28. The first-order valence-electron chi connectivity index (χ1n) is 6.53. The van der Waals surface area contributed by atoms with Crippen LogP contribution in [0, 0.1) is 30.9 Å². The van der Waals surface area contributed by atoms with Crippen LogP contribution in [0.5, 0.6) is 11.5 Å². The molecule has 23 heavy (non-hydrogen) atoms. The van der Waals surface area contributed by atoms with Gasteiger partial charge in [0.05, 0.1) is 10.5 Å². The Labute approximate surface area is 139 Å². The zero-order valence-electron chi connectivity index (χ0n) is 12.5. The normalized spacial score (nSPS) is 10.6. The van der Waals surface area contributed by atoms with Crippen LogP contribution in [0.4, 0.5) is 5.69 Å². The van der Waals surface area contributed by atoms with E-state index in [0.717, 1.165) is 23.4 Å². The Morgan fingerprint density at radius 1 is 1.22 bits per heavy atom. The highest BCUT2D eigenvalue weighted by molar-refractivity contribution is 9.10. The predicted molar refractivity (Wildman–Crippen MR) is 86.0 cm³/mol. The molecule has 0 unspecified atom stereocenters. The molecule has 0 saturated heterocycles. The van der Waals surface area contributed by atoms with Crippen LogP contribution >= 0.6 is 15.9 Å². The van der Waals surface area contributed by atoms with Crippen molar-refractivity contribution in [2.24, 2.45) is 0 Å². The number of hydrogen-bond acceptors (Lipinski definition) is 6. The highest BCUT2D eigenvalue weighted by atomic mass is 79.9. The molecule has 2 N–H and O–H groups in total. The number of aromatic hydroxyl groups is 2. The van der Waals surface area contributed by atoms with Gasteiger partial charge in [0.25, 0.3) is 0 Å². The summed E-state index contributed by atoms with van der Waals surface area (Å²) in [4.78, 5) is 27.0. The molecule has 0 aliphatic carbocycles. The summed E-state index contributed by atoms with van der Waals surface area (Å²) in [6, 6.07) is 1.92. The first kappa shape index (κ1) is 16.9. The molecule has 7 nitrogen and oxygen atoms in total. The van der Waals surface area contributed by atoms with Crippen LogP contribution < -0.4 is 0 Å². The Kier molecular flexibility index (Phi) is 4.37. The first-order valence-corrected chi connectivity index (χ1v) is 7.32. The molecule has 0 bridgehead atoms. The van der Waals surface area contributed by atoms with E-state index >= 15 is 0 Å². The van der Waals surface area contributed by atoms with Crippen molar-refractivity contribution in [1.29, 1.82) is 0 Å². The number of carbonyl (C=O) groups excluding carboxylic acids is 1. The lowest BCUT2D eigenvalue weighted by Crippen LogP contribution is -2.09. The minimum Gasteiger partial charge on any atom is -0.504 e. The highest BCUT2D eigenvalue weighted by Gasteiger charge is 2.25. The Morgan fingerprint density at radius 3 is 2.39 bits per heavy atom. The molecule has 8 heteroatoms. The molecular formula is C15H13BrN2O5. The van der Waals surface area contributed by atoms with E-state index in [4.69, 9.17) is 0 Å². The number of aryl methyl sites for hydroxylation is 1. The van der Waals surface area contributed by atoms with Gasteiger partial charge in [-0.1, -0.05) is 0 Å². The minimum atomic E-state index is -0.874. The molecular weight excluding hydrogens is 368 g/mol. The number of pyridine rings is 1. The fourth-order valence-corrected chi connectivity index (χ4v) is 2.93. The summed E-state index contributed by atoms with van der Waals surface area (Å²) in [6.07, 6.45) is 0. The van der Waals surface area contributed by atoms with Gasteiger partial charge in [0.2, 0.25) is 5.75 Å². The number of benzene rings is 1. The van der Waals surface area contributed by atoms with Crippen LogP contribution in [-0.2, 0) is 0 Å². The quantitative estimate of drug-likeness (QED) is 0.277. The SMILES string of the molecule is Cc1nc(Br)c(C(=O)c2cc(O)c(O)c([N+](=O)[O-])c2)c(C)c1C. The van der Waals surface area contributed by atoms with Gasteiger partial charge in [0.1, 0.15) is 4.60 Å². The van der Waals surface area contributed by atoms with E-state index in [1.165, 1.54) is 0 Å². The van der Waals surface area contributed by atoms with E-state index in [1.54, 1.807) is 13.8 Å². The Balaban J connectivity index is 2.68. The average molecular weight is 381 g/mol. The number of nitrogens with zero attached hydrogens (tertiary/aromatic N) is 2. The van der Waals surface area contributed by atoms with Gasteiger partial charge < -0.3 is 10.2 Å². The number of nitro benzene ring substituents is 1. The molecule has 2 rings (SSSR count). The predicted octanol–water partition coefficient (Wildman–Crippen LogP) is 3.32. The molecule has 0 spiro atoms. The van der Waals surface area contributed by atoms with Crippen LogP contribution in [0.25, 0.3) is 0 Å². The van der Waals surface area contributed by atoms with Crippen molar-refractivity contribution in [2.45, 2.75) is 20.8 Å². The number of halogens is 1. The molecule has 0 aliphatic heterocycles. The molecule has 1 aromatic heterocycles. The van der Waals surface area contributed by atoms with Crippen molar-refractivity contribution in [3.8, 4) is 11.5 Å². The second-order valence-corrected chi connectivity index (χ2v) is 5.81. The summed E-state index contributed by atoms with van der Waals surface area (Å²) in [6.45, 7) is 5.37. The maximum atomic E-state index is 12.7. The van der Waals surface area contributed by atoms with Crippen molar-refractivity contribution in [2.75, 3.05) is 0 Å². The van der Waals surface area contributed by atoms with Crippen LogP contribution in [0.2, 0.25) is 0 Å². The van der Waals surface area contributed by atoms with Crippen LogP contribution in [0.3, 0.4) is 0 Å². The molecule has 120 valence electrons. The van der Waals surface area contributed by atoms with E-state index in [0.29, 0.717) is 10.2 Å². The van der Waals surface area contributed by atoms with E-state index in [9.17, 15) is 25.1 Å². The number of rotatable bonds is 3. The molecule has 1 aromatic carbocycles. The van der Waals surface area contributed by atoms with Gasteiger partial charge in [-0.2, -0.15) is 0 Å². The van der Waals surface area contributed by atoms with Gasteiger partial charge in [-0.15, -0.1) is 0 Å². The number of nitro groups is 1. The zero-order valence-corrected chi connectivity index (χ0v) is 14.1. The molecule has 2 aromatic rings. The molecule has 0 saturated carbocycles. The third kappa shape index (κ3) is 2.89. The summed E-state index contributed by atoms with van der Waals surface area (Å²) in [5.74, 6) is -2.14. The van der Waals surface area contributed by atoms with Crippen molar-refractivity contribution < 1.29 is 19.9 Å². The lowest BCUT2D eigenvalue weighted by atomic mass is 9.96. The van der Waals surface area contributed by atoms with Gasteiger partial charge in [0, 0.05) is 17.3 Å². The number of hydrogen-bond donors (Lipinski definition) is 2. The molecule has 0 aliphatic rings. The summed E-state index contributed by atoms with van der Waals surface area (Å²) in [5, 5.41) is 30.1. The second kappa shape index (κ2) is 5.96. The van der Waals surface area contributed by atoms with Gasteiger partial charge in [-0.25, -0.2) is 4.98 Å². The van der Waals surface area contributed by atoms with Crippen molar-refractivity contribution in [3.63, 3.8) is 0 Å².